The third-order valence-corrected chi connectivity index (χ3v) is 4.35. The van der Waals surface area contributed by atoms with Crippen LogP contribution >= 0.6 is 0 Å². The van der Waals surface area contributed by atoms with E-state index in [2.05, 4.69) is 23.0 Å². The van der Waals surface area contributed by atoms with Crippen molar-refractivity contribution in [1.82, 2.24) is 9.38 Å². The highest BCUT2D eigenvalue weighted by molar-refractivity contribution is 5.70. The summed E-state index contributed by atoms with van der Waals surface area (Å²) in [5.74, 6) is -0.849. The maximum atomic E-state index is 10.8. The Bertz CT molecular complexity index is 644. The lowest BCUT2D eigenvalue weighted by Gasteiger charge is -2.32. The minimum absolute atomic E-state index is 0.0323. The monoisotopic (exact) mass is 287 g/mol. The van der Waals surface area contributed by atoms with Crippen LogP contribution in [0.2, 0.25) is 0 Å². The van der Waals surface area contributed by atoms with Gasteiger partial charge in [-0.05, 0) is 25.0 Å². The van der Waals surface area contributed by atoms with Gasteiger partial charge in [-0.15, -0.1) is 0 Å². The Morgan fingerprint density at radius 2 is 2.10 bits per heavy atom. The molecule has 112 valence electrons. The van der Waals surface area contributed by atoms with Crippen LogP contribution in [0.4, 0.5) is 5.69 Å². The average Bonchev–Trinajstić information content (AvgIpc) is 2.87. The number of carbonyl (C=O) groups is 1. The first-order chi connectivity index (χ1) is 10.1. The summed E-state index contributed by atoms with van der Waals surface area (Å²) < 4.78 is 1.92. The topological polar surface area (TPSA) is 57.8 Å². The predicted octanol–water partition coefficient (Wildman–Crippen LogP) is 2.73. The number of carboxylic acids is 1. The van der Waals surface area contributed by atoms with Crippen molar-refractivity contribution in [2.75, 3.05) is 11.9 Å². The number of fused-ring (bicyclic) bond motifs is 1. The molecule has 0 aliphatic heterocycles. The molecule has 0 bridgehead atoms. The molecule has 1 aliphatic carbocycles. The van der Waals surface area contributed by atoms with Gasteiger partial charge in [0.05, 0.1) is 17.8 Å². The number of anilines is 1. The number of rotatable bonds is 4. The molecule has 21 heavy (non-hydrogen) atoms. The van der Waals surface area contributed by atoms with E-state index >= 15 is 0 Å². The van der Waals surface area contributed by atoms with E-state index < -0.39 is 5.97 Å². The van der Waals surface area contributed by atoms with E-state index in [9.17, 15) is 4.79 Å². The molecule has 0 unspecified atom stereocenters. The summed E-state index contributed by atoms with van der Waals surface area (Å²) in [5.41, 5.74) is 2.56. The van der Waals surface area contributed by atoms with Crippen molar-refractivity contribution >= 4 is 17.3 Å². The quantitative estimate of drug-likeness (QED) is 0.939. The minimum Gasteiger partial charge on any atom is -0.481 e. The van der Waals surface area contributed by atoms with Crippen LogP contribution in [0.1, 0.15) is 37.8 Å². The molecule has 2 heterocycles. The van der Waals surface area contributed by atoms with Gasteiger partial charge in [0.15, 0.2) is 0 Å². The molecule has 0 radical (unpaired) electrons. The van der Waals surface area contributed by atoms with E-state index in [4.69, 9.17) is 5.11 Å². The highest BCUT2D eigenvalue weighted by Gasteiger charge is 2.18. The molecule has 1 aliphatic rings. The molecule has 0 atom stereocenters. The van der Waals surface area contributed by atoms with Gasteiger partial charge in [-0.1, -0.05) is 19.3 Å². The van der Waals surface area contributed by atoms with Crippen LogP contribution in [-0.2, 0) is 11.2 Å². The van der Waals surface area contributed by atoms with Crippen LogP contribution in [-0.4, -0.2) is 33.6 Å². The van der Waals surface area contributed by atoms with Crippen LogP contribution in [0.5, 0.6) is 0 Å². The second-order valence-corrected chi connectivity index (χ2v) is 5.86. The van der Waals surface area contributed by atoms with Gasteiger partial charge < -0.3 is 14.4 Å². The van der Waals surface area contributed by atoms with E-state index in [0.717, 1.165) is 11.3 Å². The zero-order chi connectivity index (χ0) is 14.8. The fourth-order valence-corrected chi connectivity index (χ4v) is 3.16. The van der Waals surface area contributed by atoms with Crippen LogP contribution in [0, 0.1) is 0 Å². The number of carboxylic acid groups (broad SMARTS) is 1. The molecule has 2 aromatic rings. The predicted molar refractivity (Wildman–Crippen MR) is 81.8 cm³/mol. The third-order valence-electron chi connectivity index (χ3n) is 4.35. The lowest BCUT2D eigenvalue weighted by atomic mass is 9.94. The summed E-state index contributed by atoms with van der Waals surface area (Å²) in [7, 11) is 2.15. The number of aromatic nitrogens is 2. The molecule has 1 N–H and O–H groups in total. The zero-order valence-corrected chi connectivity index (χ0v) is 12.3. The summed E-state index contributed by atoms with van der Waals surface area (Å²) >= 11 is 0. The number of pyridine rings is 1. The van der Waals surface area contributed by atoms with E-state index in [1.807, 2.05) is 22.9 Å². The molecular formula is C16H21N3O2. The van der Waals surface area contributed by atoms with Gasteiger partial charge in [0, 0.05) is 25.5 Å². The summed E-state index contributed by atoms with van der Waals surface area (Å²) in [6.45, 7) is 0. The van der Waals surface area contributed by atoms with Crippen LogP contribution in [0.3, 0.4) is 0 Å². The third kappa shape index (κ3) is 3.01. The van der Waals surface area contributed by atoms with E-state index in [1.54, 1.807) is 0 Å². The Morgan fingerprint density at radius 1 is 1.33 bits per heavy atom. The van der Waals surface area contributed by atoms with Gasteiger partial charge >= 0.3 is 5.97 Å². The van der Waals surface area contributed by atoms with Crippen molar-refractivity contribution in [2.24, 2.45) is 0 Å². The Kier molecular flexibility index (Phi) is 3.82. The molecule has 5 nitrogen and oxygen atoms in total. The van der Waals surface area contributed by atoms with E-state index in [-0.39, 0.29) is 6.42 Å². The van der Waals surface area contributed by atoms with Crippen molar-refractivity contribution in [3.05, 3.63) is 30.2 Å². The van der Waals surface area contributed by atoms with Crippen molar-refractivity contribution < 1.29 is 9.90 Å². The maximum absolute atomic E-state index is 10.8. The Morgan fingerprint density at radius 3 is 2.81 bits per heavy atom. The summed E-state index contributed by atoms with van der Waals surface area (Å²) in [5, 5.41) is 8.85. The first kappa shape index (κ1) is 13.9. The molecule has 1 fully saturated rings. The lowest BCUT2D eigenvalue weighted by molar-refractivity contribution is -0.136. The van der Waals surface area contributed by atoms with Gasteiger partial charge in [0.25, 0.3) is 0 Å². The lowest BCUT2D eigenvalue weighted by Crippen LogP contribution is -2.33. The fourth-order valence-electron chi connectivity index (χ4n) is 3.16. The zero-order valence-electron chi connectivity index (χ0n) is 12.3. The minimum atomic E-state index is -0.849. The summed E-state index contributed by atoms with van der Waals surface area (Å²) in [6.07, 6.45) is 10.3. The second-order valence-electron chi connectivity index (χ2n) is 5.86. The normalized spacial score (nSPS) is 16.2. The van der Waals surface area contributed by atoms with Crippen LogP contribution in [0.15, 0.2) is 24.5 Å². The number of nitrogens with zero attached hydrogens (tertiary/aromatic N) is 3. The number of hydrogen-bond acceptors (Lipinski definition) is 3. The average molecular weight is 287 g/mol. The first-order valence-corrected chi connectivity index (χ1v) is 7.56. The molecule has 1 saturated carbocycles. The highest BCUT2D eigenvalue weighted by Crippen LogP contribution is 2.26. The maximum Gasteiger partial charge on any atom is 0.309 e. The number of imidazole rings is 1. The molecular weight excluding hydrogens is 266 g/mol. The van der Waals surface area contributed by atoms with Gasteiger partial charge in [-0.25, -0.2) is 4.98 Å². The second kappa shape index (κ2) is 5.76. The fraction of sp³-hybridized carbons (Fsp3) is 0.500. The van der Waals surface area contributed by atoms with Crippen LogP contribution in [0.25, 0.3) is 5.65 Å². The highest BCUT2D eigenvalue weighted by atomic mass is 16.4. The van der Waals surface area contributed by atoms with Crippen molar-refractivity contribution in [1.29, 1.82) is 0 Å². The molecule has 2 aromatic heterocycles. The van der Waals surface area contributed by atoms with E-state index in [1.165, 1.54) is 32.1 Å². The SMILES string of the molecule is CN(c1ccc2nc(CC(=O)O)cn2c1)C1CCCCC1. The smallest absolute Gasteiger partial charge is 0.309 e. The van der Waals surface area contributed by atoms with Gasteiger partial charge in [-0.2, -0.15) is 0 Å². The molecule has 0 spiro atoms. The molecule has 3 rings (SSSR count). The Balaban J connectivity index is 1.84. The Hall–Kier alpha value is -2.04. The van der Waals surface area contributed by atoms with Gasteiger partial charge in [0.2, 0.25) is 0 Å². The first-order valence-electron chi connectivity index (χ1n) is 7.56. The van der Waals surface area contributed by atoms with Gasteiger partial charge in [0.1, 0.15) is 5.65 Å². The van der Waals surface area contributed by atoms with Crippen molar-refractivity contribution in [3.63, 3.8) is 0 Å². The van der Waals surface area contributed by atoms with Gasteiger partial charge in [-0.3, -0.25) is 4.79 Å². The molecule has 0 aromatic carbocycles. The van der Waals surface area contributed by atoms with Crippen LogP contribution < -0.4 is 4.90 Å². The number of aliphatic carboxylic acids is 1. The Labute approximate surface area is 124 Å². The summed E-state index contributed by atoms with van der Waals surface area (Å²) in [4.78, 5) is 17.4. The largest absolute Gasteiger partial charge is 0.481 e. The van der Waals surface area contributed by atoms with Crippen molar-refractivity contribution in [3.8, 4) is 0 Å². The standard InChI is InChI=1S/C16H21N3O2/c1-18(13-5-3-2-4-6-13)14-7-8-15-17-12(9-16(20)21)10-19(15)11-14/h7-8,10-11,13H,2-6,9H2,1H3,(H,20,21). The molecule has 0 amide bonds. The summed E-state index contributed by atoms with van der Waals surface area (Å²) in [6, 6.07) is 4.64. The number of hydrogen-bond donors (Lipinski definition) is 1. The molecule has 5 heteroatoms. The van der Waals surface area contributed by atoms with E-state index in [0.29, 0.717) is 11.7 Å². The molecule has 0 saturated heterocycles. The van der Waals surface area contributed by atoms with Crippen molar-refractivity contribution in [2.45, 2.75) is 44.6 Å².